The van der Waals surface area contributed by atoms with Crippen LogP contribution >= 0.6 is 0 Å². The first-order valence-electron chi connectivity index (χ1n) is 6.73. The summed E-state index contributed by atoms with van der Waals surface area (Å²) in [4.78, 5) is 0. The van der Waals surface area contributed by atoms with E-state index in [2.05, 4.69) is 70.2 Å². The van der Waals surface area contributed by atoms with Crippen molar-refractivity contribution >= 4 is 5.57 Å². The van der Waals surface area contributed by atoms with Crippen LogP contribution in [0.4, 0.5) is 0 Å². The quantitative estimate of drug-likeness (QED) is 0.646. The molecule has 0 bridgehead atoms. The zero-order chi connectivity index (χ0) is 13.1. The Morgan fingerprint density at radius 2 is 1.83 bits per heavy atom. The third-order valence-electron chi connectivity index (χ3n) is 3.63. The van der Waals surface area contributed by atoms with Crippen LogP contribution in [0, 0.1) is 6.92 Å². The van der Waals surface area contributed by atoms with Gasteiger partial charge in [0.1, 0.15) is 0 Å². The zero-order valence-electron chi connectivity index (χ0n) is 11.8. The van der Waals surface area contributed by atoms with Gasteiger partial charge in [-0.3, -0.25) is 0 Å². The van der Waals surface area contributed by atoms with E-state index in [9.17, 15) is 0 Å². The Kier molecular flexibility index (Phi) is 3.86. The third kappa shape index (κ3) is 2.64. The SMILES string of the molecule is CC1=C(c2ccc(C(C)C)cc2C)CC=CC=C1. The Bertz CT molecular complexity index is 525. The van der Waals surface area contributed by atoms with Crippen LogP contribution in [0.3, 0.4) is 0 Å². The lowest BCUT2D eigenvalue weighted by Gasteiger charge is -2.14. The number of hydrogen-bond acceptors (Lipinski definition) is 0. The van der Waals surface area contributed by atoms with Crippen molar-refractivity contribution in [2.24, 2.45) is 0 Å². The molecular weight excluding hydrogens is 216 g/mol. The molecule has 18 heavy (non-hydrogen) atoms. The van der Waals surface area contributed by atoms with Gasteiger partial charge in [-0.1, -0.05) is 56.4 Å². The van der Waals surface area contributed by atoms with Crippen LogP contribution in [0.25, 0.3) is 5.57 Å². The summed E-state index contributed by atoms with van der Waals surface area (Å²) < 4.78 is 0. The van der Waals surface area contributed by atoms with Crippen molar-refractivity contribution in [1.82, 2.24) is 0 Å². The van der Waals surface area contributed by atoms with E-state index >= 15 is 0 Å². The maximum absolute atomic E-state index is 2.33. The monoisotopic (exact) mass is 238 g/mol. The van der Waals surface area contributed by atoms with Crippen molar-refractivity contribution in [3.8, 4) is 0 Å². The number of aryl methyl sites for hydroxylation is 1. The predicted molar refractivity (Wildman–Crippen MR) is 80.8 cm³/mol. The summed E-state index contributed by atoms with van der Waals surface area (Å²) in [5.74, 6) is 0.599. The van der Waals surface area contributed by atoms with Crippen LogP contribution in [-0.4, -0.2) is 0 Å². The Balaban J connectivity index is 2.46. The molecule has 0 aromatic heterocycles. The molecule has 94 valence electrons. The first-order chi connectivity index (χ1) is 8.59. The molecule has 0 spiro atoms. The second kappa shape index (κ2) is 5.39. The van der Waals surface area contributed by atoms with Gasteiger partial charge in [0, 0.05) is 0 Å². The van der Waals surface area contributed by atoms with E-state index in [1.165, 1.54) is 27.8 Å². The number of rotatable bonds is 2. The van der Waals surface area contributed by atoms with Crippen molar-refractivity contribution < 1.29 is 0 Å². The molecule has 0 radical (unpaired) electrons. The molecule has 0 saturated carbocycles. The zero-order valence-corrected chi connectivity index (χ0v) is 11.8. The summed E-state index contributed by atoms with van der Waals surface area (Å²) in [6, 6.07) is 6.89. The van der Waals surface area contributed by atoms with Gasteiger partial charge >= 0.3 is 0 Å². The molecule has 0 unspecified atom stereocenters. The topological polar surface area (TPSA) is 0 Å². The molecule has 1 aliphatic rings. The molecule has 0 atom stereocenters. The molecule has 0 amide bonds. The number of benzene rings is 1. The highest BCUT2D eigenvalue weighted by Gasteiger charge is 2.09. The lowest BCUT2D eigenvalue weighted by atomic mass is 9.91. The Morgan fingerprint density at radius 3 is 2.50 bits per heavy atom. The van der Waals surface area contributed by atoms with Gasteiger partial charge in [0.2, 0.25) is 0 Å². The van der Waals surface area contributed by atoms with E-state index < -0.39 is 0 Å². The molecule has 1 aromatic carbocycles. The normalized spacial score (nSPS) is 15.4. The lowest BCUT2D eigenvalue weighted by Crippen LogP contribution is -1.94. The van der Waals surface area contributed by atoms with Gasteiger partial charge in [-0.15, -0.1) is 0 Å². The highest BCUT2D eigenvalue weighted by Crippen LogP contribution is 2.29. The molecule has 0 aliphatic heterocycles. The smallest absolute Gasteiger partial charge is 0.00857 e. The minimum Gasteiger partial charge on any atom is -0.0801 e. The maximum atomic E-state index is 2.33. The van der Waals surface area contributed by atoms with Gasteiger partial charge in [0.15, 0.2) is 0 Å². The van der Waals surface area contributed by atoms with Gasteiger partial charge < -0.3 is 0 Å². The molecular formula is C18H22. The van der Waals surface area contributed by atoms with E-state index in [4.69, 9.17) is 0 Å². The van der Waals surface area contributed by atoms with Gasteiger partial charge in [-0.05, 0) is 54.0 Å². The summed E-state index contributed by atoms with van der Waals surface area (Å²) in [5, 5.41) is 0. The van der Waals surface area contributed by atoms with Crippen LogP contribution in [-0.2, 0) is 0 Å². The fourth-order valence-electron chi connectivity index (χ4n) is 2.43. The largest absolute Gasteiger partial charge is 0.0801 e. The molecule has 0 heterocycles. The van der Waals surface area contributed by atoms with Gasteiger partial charge in [0.25, 0.3) is 0 Å². The Labute approximate surface area is 111 Å². The summed E-state index contributed by atoms with van der Waals surface area (Å²) in [5.41, 5.74) is 7.04. The fourth-order valence-corrected chi connectivity index (χ4v) is 2.43. The van der Waals surface area contributed by atoms with E-state index in [0.717, 1.165) is 6.42 Å². The van der Waals surface area contributed by atoms with Crippen LogP contribution in [0.5, 0.6) is 0 Å². The van der Waals surface area contributed by atoms with Crippen molar-refractivity contribution in [3.63, 3.8) is 0 Å². The predicted octanol–water partition coefficient (Wildman–Crippen LogP) is 5.41. The molecule has 1 aromatic rings. The van der Waals surface area contributed by atoms with Crippen LogP contribution in [0.1, 0.15) is 49.8 Å². The summed E-state index contributed by atoms with van der Waals surface area (Å²) in [7, 11) is 0. The molecule has 0 N–H and O–H groups in total. The van der Waals surface area contributed by atoms with Gasteiger partial charge in [-0.25, -0.2) is 0 Å². The highest BCUT2D eigenvalue weighted by molar-refractivity contribution is 5.74. The number of allylic oxidation sites excluding steroid dienone is 6. The molecule has 0 heteroatoms. The molecule has 0 saturated heterocycles. The Morgan fingerprint density at radius 1 is 1.06 bits per heavy atom. The average Bonchev–Trinajstić information content (AvgIpc) is 2.54. The second-order valence-electron chi connectivity index (χ2n) is 5.38. The molecule has 1 aliphatic carbocycles. The summed E-state index contributed by atoms with van der Waals surface area (Å²) >= 11 is 0. The Hall–Kier alpha value is -1.56. The van der Waals surface area contributed by atoms with Crippen LogP contribution in [0.2, 0.25) is 0 Å². The molecule has 0 fully saturated rings. The number of hydrogen-bond donors (Lipinski definition) is 0. The third-order valence-corrected chi connectivity index (χ3v) is 3.63. The van der Waals surface area contributed by atoms with Crippen molar-refractivity contribution in [2.45, 2.75) is 40.0 Å². The van der Waals surface area contributed by atoms with Crippen molar-refractivity contribution in [2.75, 3.05) is 0 Å². The van der Waals surface area contributed by atoms with Crippen LogP contribution < -0.4 is 0 Å². The van der Waals surface area contributed by atoms with Crippen molar-refractivity contribution in [3.05, 3.63) is 64.8 Å². The average molecular weight is 238 g/mol. The standard InChI is InChI=1S/C18H22/c1-13(2)16-10-11-18(15(4)12-16)17-9-7-5-6-8-14(17)3/h5-8,10-13H,9H2,1-4H3. The van der Waals surface area contributed by atoms with E-state index in [1.807, 2.05) is 0 Å². The summed E-state index contributed by atoms with van der Waals surface area (Å²) in [6.07, 6.45) is 9.72. The minimum atomic E-state index is 0.599. The first kappa shape index (κ1) is 12.9. The molecule has 0 nitrogen and oxygen atoms in total. The first-order valence-corrected chi connectivity index (χ1v) is 6.73. The van der Waals surface area contributed by atoms with E-state index in [1.54, 1.807) is 0 Å². The van der Waals surface area contributed by atoms with E-state index in [-0.39, 0.29) is 0 Å². The van der Waals surface area contributed by atoms with Gasteiger partial charge in [0.05, 0.1) is 0 Å². The van der Waals surface area contributed by atoms with E-state index in [0.29, 0.717) is 5.92 Å². The molecule has 2 rings (SSSR count). The maximum Gasteiger partial charge on any atom is -0.00857 e. The minimum absolute atomic E-state index is 0.599. The lowest BCUT2D eigenvalue weighted by molar-refractivity contribution is 0.864. The van der Waals surface area contributed by atoms with Crippen LogP contribution in [0.15, 0.2) is 48.1 Å². The van der Waals surface area contributed by atoms with Gasteiger partial charge in [-0.2, -0.15) is 0 Å². The second-order valence-corrected chi connectivity index (χ2v) is 5.38. The highest BCUT2D eigenvalue weighted by atomic mass is 14.1. The van der Waals surface area contributed by atoms with Crippen molar-refractivity contribution in [1.29, 1.82) is 0 Å². The summed E-state index contributed by atoms with van der Waals surface area (Å²) in [6.45, 7) is 8.92. The fraction of sp³-hybridized carbons (Fsp3) is 0.333.